The van der Waals surface area contributed by atoms with E-state index in [1.54, 1.807) is 19.1 Å². The predicted octanol–water partition coefficient (Wildman–Crippen LogP) is 2.80. The molecule has 5 nitrogen and oxygen atoms in total. The Morgan fingerprint density at radius 1 is 1.24 bits per heavy atom. The molecule has 0 aromatic heterocycles. The third kappa shape index (κ3) is 5.13. The quantitative estimate of drug-likeness (QED) is 0.811. The number of carbonyl (C=O) groups excluding carboxylic acids is 1. The van der Waals surface area contributed by atoms with E-state index < -0.39 is 10.0 Å². The van der Waals surface area contributed by atoms with E-state index in [0.29, 0.717) is 11.3 Å². The van der Waals surface area contributed by atoms with Crippen molar-refractivity contribution in [2.75, 3.05) is 5.32 Å². The van der Waals surface area contributed by atoms with Gasteiger partial charge in [-0.2, -0.15) is 0 Å². The summed E-state index contributed by atoms with van der Waals surface area (Å²) in [5, 5.41) is 7.96. The van der Waals surface area contributed by atoms with Gasteiger partial charge in [-0.25, -0.2) is 13.6 Å². The summed E-state index contributed by atoms with van der Waals surface area (Å²) >= 11 is 0. The number of nitrogens with one attached hydrogen (secondary N) is 1. The Balaban J connectivity index is 2.95. The Morgan fingerprint density at radius 2 is 1.81 bits per heavy atom. The van der Waals surface area contributed by atoms with Crippen molar-refractivity contribution >= 4 is 21.6 Å². The van der Waals surface area contributed by atoms with Gasteiger partial charge >= 0.3 is 0 Å². The van der Waals surface area contributed by atoms with Crippen molar-refractivity contribution in [3.8, 4) is 0 Å². The van der Waals surface area contributed by atoms with Gasteiger partial charge < -0.3 is 5.32 Å². The molecule has 1 aromatic rings. The van der Waals surface area contributed by atoms with Gasteiger partial charge in [-0.15, -0.1) is 0 Å². The molecule has 1 aromatic carbocycles. The van der Waals surface area contributed by atoms with E-state index in [4.69, 9.17) is 5.14 Å². The van der Waals surface area contributed by atoms with Crippen molar-refractivity contribution in [1.82, 2.24) is 0 Å². The van der Waals surface area contributed by atoms with E-state index in [-0.39, 0.29) is 16.7 Å². The number of benzene rings is 1. The molecule has 3 N–H and O–H groups in total. The van der Waals surface area contributed by atoms with Crippen LogP contribution in [0, 0.1) is 12.8 Å². The third-order valence-corrected chi connectivity index (χ3v) is 4.46. The van der Waals surface area contributed by atoms with Crippen molar-refractivity contribution in [3.05, 3.63) is 23.8 Å². The van der Waals surface area contributed by atoms with Crippen LogP contribution in [0.3, 0.4) is 0 Å². The summed E-state index contributed by atoms with van der Waals surface area (Å²) < 4.78 is 23.0. The summed E-state index contributed by atoms with van der Waals surface area (Å²) in [4.78, 5) is 12.3. The van der Waals surface area contributed by atoms with E-state index in [9.17, 15) is 13.2 Å². The number of primary sulfonamides is 1. The van der Waals surface area contributed by atoms with Crippen LogP contribution >= 0.6 is 0 Å². The molecule has 0 aliphatic rings. The highest BCUT2D eigenvalue weighted by atomic mass is 32.2. The summed E-state index contributed by atoms with van der Waals surface area (Å²) in [6.07, 6.45) is 3.53. The fraction of sp³-hybridized carbons (Fsp3) is 0.533. The minimum absolute atomic E-state index is 0.0424. The molecule has 0 unspecified atom stereocenters. The van der Waals surface area contributed by atoms with Crippen LogP contribution in [-0.4, -0.2) is 14.3 Å². The molecule has 1 rings (SSSR count). The Morgan fingerprint density at radius 3 is 2.29 bits per heavy atom. The molecule has 0 radical (unpaired) electrons. The SMILES string of the molecule is CCCC(CCC)C(=O)Nc1ccc(C)c(S(N)(=O)=O)c1. The number of anilines is 1. The smallest absolute Gasteiger partial charge is 0.238 e. The Kier molecular flexibility index (Phi) is 6.36. The van der Waals surface area contributed by atoms with Gasteiger partial charge in [0.25, 0.3) is 0 Å². The Bertz CT molecular complexity index is 591. The number of hydrogen-bond acceptors (Lipinski definition) is 3. The summed E-state index contributed by atoms with van der Waals surface area (Å²) in [7, 11) is -3.78. The van der Waals surface area contributed by atoms with Crippen molar-refractivity contribution in [2.24, 2.45) is 11.1 Å². The van der Waals surface area contributed by atoms with Crippen LogP contribution in [0.15, 0.2) is 23.1 Å². The van der Waals surface area contributed by atoms with Crippen molar-refractivity contribution in [1.29, 1.82) is 0 Å². The molecule has 0 bridgehead atoms. The minimum atomic E-state index is -3.78. The van der Waals surface area contributed by atoms with Gasteiger partial charge in [-0.05, 0) is 37.5 Å². The fourth-order valence-corrected chi connectivity index (χ4v) is 3.14. The molecule has 0 saturated carbocycles. The van der Waals surface area contributed by atoms with Gasteiger partial charge in [0.05, 0.1) is 4.90 Å². The molecule has 0 aliphatic heterocycles. The molecule has 0 spiro atoms. The van der Waals surface area contributed by atoms with Crippen LogP contribution in [-0.2, 0) is 14.8 Å². The van der Waals surface area contributed by atoms with Gasteiger partial charge in [0.2, 0.25) is 15.9 Å². The first kappa shape index (κ1) is 17.7. The van der Waals surface area contributed by atoms with Crippen LogP contribution in [0.4, 0.5) is 5.69 Å². The molecule has 21 heavy (non-hydrogen) atoms. The molecule has 0 aliphatic carbocycles. The van der Waals surface area contributed by atoms with Gasteiger partial charge in [0.1, 0.15) is 0 Å². The first-order valence-corrected chi connectivity index (χ1v) is 8.78. The number of sulfonamides is 1. The maximum absolute atomic E-state index is 12.2. The second-order valence-electron chi connectivity index (χ2n) is 5.29. The average molecular weight is 312 g/mol. The zero-order valence-electron chi connectivity index (χ0n) is 12.8. The number of hydrogen-bond donors (Lipinski definition) is 2. The second kappa shape index (κ2) is 7.56. The molecule has 0 heterocycles. The van der Waals surface area contributed by atoms with E-state index in [1.165, 1.54) is 6.07 Å². The van der Waals surface area contributed by atoms with Crippen LogP contribution in [0.25, 0.3) is 0 Å². The highest BCUT2D eigenvalue weighted by Gasteiger charge is 2.18. The summed E-state index contributed by atoms with van der Waals surface area (Å²) in [6.45, 7) is 5.75. The maximum Gasteiger partial charge on any atom is 0.238 e. The topological polar surface area (TPSA) is 89.3 Å². The van der Waals surface area contributed by atoms with E-state index in [0.717, 1.165) is 25.7 Å². The summed E-state index contributed by atoms with van der Waals surface area (Å²) in [5.41, 5.74) is 1.03. The van der Waals surface area contributed by atoms with Crippen LogP contribution in [0.5, 0.6) is 0 Å². The lowest BCUT2D eigenvalue weighted by Gasteiger charge is -2.16. The number of nitrogens with two attached hydrogens (primary N) is 1. The number of carbonyl (C=O) groups is 1. The van der Waals surface area contributed by atoms with E-state index in [2.05, 4.69) is 5.32 Å². The molecule has 0 saturated heterocycles. The molecule has 118 valence electrons. The number of rotatable bonds is 7. The largest absolute Gasteiger partial charge is 0.326 e. The lowest BCUT2D eigenvalue weighted by Crippen LogP contribution is -2.23. The second-order valence-corrected chi connectivity index (χ2v) is 6.82. The first-order chi connectivity index (χ1) is 9.79. The lowest BCUT2D eigenvalue weighted by atomic mass is 9.97. The maximum atomic E-state index is 12.2. The standard InChI is InChI=1S/C15H24N2O3S/c1-4-6-12(7-5-2)15(18)17-13-9-8-11(3)14(10-13)21(16,19)20/h8-10,12H,4-7H2,1-3H3,(H,17,18)(H2,16,19,20). The van der Waals surface area contributed by atoms with Crippen molar-refractivity contribution < 1.29 is 13.2 Å². The van der Waals surface area contributed by atoms with Crippen LogP contribution < -0.4 is 10.5 Å². The van der Waals surface area contributed by atoms with Crippen LogP contribution in [0.2, 0.25) is 0 Å². The van der Waals surface area contributed by atoms with Gasteiger partial charge in [0.15, 0.2) is 0 Å². The zero-order valence-corrected chi connectivity index (χ0v) is 13.7. The normalized spacial score (nSPS) is 11.7. The molecule has 6 heteroatoms. The molecule has 0 atom stereocenters. The predicted molar refractivity (Wildman–Crippen MR) is 84.5 cm³/mol. The monoisotopic (exact) mass is 312 g/mol. The third-order valence-electron chi connectivity index (χ3n) is 3.41. The number of amides is 1. The zero-order chi connectivity index (χ0) is 16.0. The van der Waals surface area contributed by atoms with E-state index >= 15 is 0 Å². The van der Waals surface area contributed by atoms with Crippen molar-refractivity contribution in [2.45, 2.75) is 51.3 Å². The van der Waals surface area contributed by atoms with E-state index in [1.807, 2.05) is 13.8 Å². The van der Waals surface area contributed by atoms with Crippen molar-refractivity contribution in [3.63, 3.8) is 0 Å². The molecule has 0 fully saturated rings. The molecule has 1 amide bonds. The highest BCUT2D eigenvalue weighted by Crippen LogP contribution is 2.21. The average Bonchev–Trinajstić information content (AvgIpc) is 2.39. The summed E-state index contributed by atoms with van der Waals surface area (Å²) in [5.74, 6) is -0.109. The fourth-order valence-electron chi connectivity index (χ4n) is 2.33. The van der Waals surface area contributed by atoms with Gasteiger partial charge in [-0.3, -0.25) is 4.79 Å². The lowest BCUT2D eigenvalue weighted by molar-refractivity contribution is -0.120. The highest BCUT2D eigenvalue weighted by molar-refractivity contribution is 7.89. The van der Waals surface area contributed by atoms with Gasteiger partial charge in [0, 0.05) is 11.6 Å². The van der Waals surface area contributed by atoms with Gasteiger partial charge in [-0.1, -0.05) is 32.8 Å². The Labute approximate surface area is 127 Å². The molecular formula is C15H24N2O3S. The van der Waals surface area contributed by atoms with Crippen LogP contribution in [0.1, 0.15) is 45.1 Å². The first-order valence-electron chi connectivity index (χ1n) is 7.23. The summed E-state index contributed by atoms with van der Waals surface area (Å²) in [6, 6.07) is 4.75. The Hall–Kier alpha value is -1.40. The molecular weight excluding hydrogens is 288 g/mol. The minimum Gasteiger partial charge on any atom is -0.326 e. The number of aryl methyl sites for hydroxylation is 1.